The maximum absolute atomic E-state index is 12.3. The fourth-order valence-corrected chi connectivity index (χ4v) is 3.45. The zero-order valence-electron chi connectivity index (χ0n) is 17.1. The Balaban J connectivity index is 1.68. The van der Waals surface area contributed by atoms with Crippen molar-refractivity contribution in [2.75, 3.05) is 52.9 Å². The van der Waals surface area contributed by atoms with Crippen molar-refractivity contribution in [1.82, 2.24) is 20.4 Å². The molecule has 2 N–H and O–H groups in total. The zero-order valence-corrected chi connectivity index (χ0v) is 17.1. The lowest BCUT2D eigenvalue weighted by molar-refractivity contribution is -0.127. The summed E-state index contributed by atoms with van der Waals surface area (Å²) in [5.74, 6) is 1.43. The maximum Gasteiger partial charge on any atom is 0.223 e. The topological polar surface area (TPSA) is 60.0 Å². The molecule has 0 saturated carbocycles. The van der Waals surface area contributed by atoms with Crippen LogP contribution in [0.15, 0.2) is 35.3 Å². The van der Waals surface area contributed by atoms with Gasteiger partial charge in [-0.05, 0) is 25.1 Å². The Morgan fingerprint density at radius 2 is 1.96 bits per heavy atom. The van der Waals surface area contributed by atoms with E-state index in [-0.39, 0.29) is 5.91 Å². The van der Waals surface area contributed by atoms with Crippen LogP contribution in [0.2, 0.25) is 0 Å². The van der Waals surface area contributed by atoms with E-state index in [1.807, 2.05) is 23.1 Å². The quantitative estimate of drug-likeness (QED) is 0.483. The molecule has 1 unspecified atom stereocenters. The molecule has 150 valence electrons. The molecule has 1 aromatic carbocycles. The molecule has 0 spiro atoms. The molecule has 1 atom stereocenters. The fraction of sp³-hybridized carbons (Fsp3) is 0.619. The summed E-state index contributed by atoms with van der Waals surface area (Å²) in [6.07, 6.45) is 1.54. The van der Waals surface area contributed by atoms with Crippen LogP contribution in [0.4, 0.5) is 0 Å². The Morgan fingerprint density at radius 3 is 2.63 bits per heavy atom. The van der Waals surface area contributed by atoms with Crippen molar-refractivity contribution in [2.24, 2.45) is 10.9 Å². The summed E-state index contributed by atoms with van der Waals surface area (Å²) in [5.41, 5.74) is 1.28. The lowest BCUT2D eigenvalue weighted by atomic mass is 10.1. The third-order valence-corrected chi connectivity index (χ3v) is 5.20. The van der Waals surface area contributed by atoms with E-state index in [1.165, 1.54) is 5.56 Å². The Hall–Kier alpha value is -2.08. The van der Waals surface area contributed by atoms with Crippen molar-refractivity contribution in [3.05, 3.63) is 35.9 Å². The number of aliphatic imine (C=N–C) groups is 1. The van der Waals surface area contributed by atoms with E-state index in [1.54, 1.807) is 7.05 Å². The van der Waals surface area contributed by atoms with E-state index in [0.717, 1.165) is 58.2 Å². The fourth-order valence-electron chi connectivity index (χ4n) is 3.45. The standard InChI is InChI=1S/C21H35N5O/c1-4-25(5-2)14-12-23-21(22-3)24-16-19-15-20(27)26(17-19)13-11-18-9-7-6-8-10-18/h6-10,19H,4-5,11-17H2,1-3H3,(H2,22,23,24). The van der Waals surface area contributed by atoms with Gasteiger partial charge in [-0.3, -0.25) is 9.79 Å². The Labute approximate surface area is 164 Å². The molecule has 1 aliphatic heterocycles. The van der Waals surface area contributed by atoms with Crippen LogP contribution in [-0.4, -0.2) is 74.5 Å². The number of nitrogens with one attached hydrogen (secondary N) is 2. The smallest absolute Gasteiger partial charge is 0.223 e. The van der Waals surface area contributed by atoms with E-state index >= 15 is 0 Å². The molecule has 6 nitrogen and oxygen atoms in total. The van der Waals surface area contributed by atoms with E-state index in [0.29, 0.717) is 12.3 Å². The number of hydrogen-bond donors (Lipinski definition) is 2. The van der Waals surface area contributed by atoms with E-state index in [9.17, 15) is 4.79 Å². The molecule has 1 aromatic rings. The van der Waals surface area contributed by atoms with Gasteiger partial charge in [0, 0.05) is 52.1 Å². The predicted molar refractivity (Wildman–Crippen MR) is 112 cm³/mol. The monoisotopic (exact) mass is 373 g/mol. The molecule has 0 radical (unpaired) electrons. The summed E-state index contributed by atoms with van der Waals surface area (Å²) in [4.78, 5) is 20.9. The normalized spacial score (nSPS) is 17.6. The third kappa shape index (κ3) is 7.21. The number of carbonyl (C=O) groups is 1. The Kier molecular flexibility index (Phi) is 9.11. The van der Waals surface area contributed by atoms with E-state index < -0.39 is 0 Å². The molecule has 2 rings (SSSR count). The maximum atomic E-state index is 12.3. The van der Waals surface area contributed by atoms with Gasteiger partial charge < -0.3 is 20.4 Å². The van der Waals surface area contributed by atoms with Crippen molar-refractivity contribution < 1.29 is 4.79 Å². The van der Waals surface area contributed by atoms with Gasteiger partial charge in [0.05, 0.1) is 0 Å². The van der Waals surface area contributed by atoms with E-state index in [2.05, 4.69) is 46.5 Å². The average Bonchev–Trinajstić information content (AvgIpc) is 3.06. The van der Waals surface area contributed by atoms with Gasteiger partial charge in [0.2, 0.25) is 5.91 Å². The number of hydrogen-bond acceptors (Lipinski definition) is 3. The van der Waals surface area contributed by atoms with Crippen LogP contribution < -0.4 is 10.6 Å². The molecule has 0 aliphatic carbocycles. The van der Waals surface area contributed by atoms with Crippen LogP contribution in [-0.2, 0) is 11.2 Å². The van der Waals surface area contributed by atoms with Crippen LogP contribution in [0.5, 0.6) is 0 Å². The molecule has 6 heteroatoms. The highest BCUT2D eigenvalue weighted by molar-refractivity contribution is 5.80. The summed E-state index contributed by atoms with van der Waals surface area (Å²) >= 11 is 0. The molecule has 0 bridgehead atoms. The lowest BCUT2D eigenvalue weighted by Gasteiger charge is -2.20. The largest absolute Gasteiger partial charge is 0.356 e. The molecular weight excluding hydrogens is 338 g/mol. The number of carbonyl (C=O) groups excluding carboxylic acids is 1. The minimum atomic E-state index is 0.266. The Bertz CT molecular complexity index is 585. The van der Waals surface area contributed by atoms with Crippen molar-refractivity contribution >= 4 is 11.9 Å². The van der Waals surface area contributed by atoms with Gasteiger partial charge in [-0.2, -0.15) is 0 Å². The second-order valence-electron chi connectivity index (χ2n) is 7.05. The van der Waals surface area contributed by atoms with E-state index in [4.69, 9.17) is 0 Å². The first kappa shape index (κ1) is 21.2. The lowest BCUT2D eigenvalue weighted by Crippen LogP contribution is -2.43. The number of benzene rings is 1. The average molecular weight is 374 g/mol. The van der Waals surface area contributed by atoms with Gasteiger partial charge >= 0.3 is 0 Å². The highest BCUT2D eigenvalue weighted by Crippen LogP contribution is 2.17. The third-order valence-electron chi connectivity index (χ3n) is 5.20. The molecule has 0 aromatic heterocycles. The summed E-state index contributed by atoms with van der Waals surface area (Å²) < 4.78 is 0. The molecular formula is C21H35N5O. The van der Waals surface area contributed by atoms with Crippen molar-refractivity contribution in [1.29, 1.82) is 0 Å². The first-order valence-electron chi connectivity index (χ1n) is 10.1. The Morgan fingerprint density at radius 1 is 1.22 bits per heavy atom. The molecule has 1 heterocycles. The van der Waals surface area contributed by atoms with Gasteiger partial charge in [0.15, 0.2) is 5.96 Å². The van der Waals surface area contributed by atoms with Crippen LogP contribution >= 0.6 is 0 Å². The van der Waals surface area contributed by atoms with Crippen LogP contribution in [0.1, 0.15) is 25.8 Å². The second kappa shape index (κ2) is 11.6. The van der Waals surface area contributed by atoms with Gasteiger partial charge in [-0.15, -0.1) is 0 Å². The summed E-state index contributed by atoms with van der Waals surface area (Å²) in [7, 11) is 1.79. The molecule has 1 fully saturated rings. The minimum Gasteiger partial charge on any atom is -0.356 e. The number of rotatable bonds is 10. The van der Waals surface area contributed by atoms with Gasteiger partial charge in [0.1, 0.15) is 0 Å². The van der Waals surface area contributed by atoms with Gasteiger partial charge in [-0.25, -0.2) is 0 Å². The minimum absolute atomic E-state index is 0.266. The molecule has 1 saturated heterocycles. The number of likely N-dealkylation sites (N-methyl/N-ethyl adjacent to an activating group) is 1. The SMILES string of the molecule is CCN(CC)CCNC(=NC)NCC1CC(=O)N(CCc2ccccc2)C1. The van der Waals surface area contributed by atoms with Gasteiger partial charge in [-0.1, -0.05) is 44.2 Å². The first-order chi connectivity index (χ1) is 13.2. The highest BCUT2D eigenvalue weighted by Gasteiger charge is 2.29. The van der Waals surface area contributed by atoms with Crippen molar-refractivity contribution in [3.63, 3.8) is 0 Å². The number of nitrogens with zero attached hydrogens (tertiary/aromatic N) is 3. The van der Waals surface area contributed by atoms with Crippen molar-refractivity contribution in [2.45, 2.75) is 26.7 Å². The highest BCUT2D eigenvalue weighted by atomic mass is 16.2. The molecule has 1 aliphatic rings. The molecule has 27 heavy (non-hydrogen) atoms. The van der Waals surface area contributed by atoms with Crippen LogP contribution in [0.3, 0.4) is 0 Å². The molecule has 1 amide bonds. The van der Waals surface area contributed by atoms with Crippen LogP contribution in [0, 0.1) is 5.92 Å². The summed E-state index contributed by atoms with van der Waals surface area (Å²) in [5, 5.41) is 6.74. The second-order valence-corrected chi connectivity index (χ2v) is 7.05. The van der Waals surface area contributed by atoms with Crippen molar-refractivity contribution in [3.8, 4) is 0 Å². The van der Waals surface area contributed by atoms with Gasteiger partial charge in [0.25, 0.3) is 0 Å². The first-order valence-corrected chi connectivity index (χ1v) is 10.1. The zero-order chi connectivity index (χ0) is 19.5. The number of likely N-dealkylation sites (tertiary alicyclic amines) is 1. The summed E-state index contributed by atoms with van der Waals surface area (Å²) in [6.45, 7) is 10.8. The number of amides is 1. The number of guanidine groups is 1. The predicted octanol–water partition coefficient (Wildman–Crippen LogP) is 1.58. The summed E-state index contributed by atoms with van der Waals surface area (Å²) in [6, 6.07) is 10.4. The van der Waals surface area contributed by atoms with Crippen LogP contribution in [0.25, 0.3) is 0 Å².